The lowest BCUT2D eigenvalue weighted by Gasteiger charge is -2.20. The monoisotopic (exact) mass is 238 g/mol. The first-order valence-electron chi connectivity index (χ1n) is 5.13. The van der Waals surface area contributed by atoms with Crippen molar-refractivity contribution in [3.05, 3.63) is 18.2 Å². The van der Waals surface area contributed by atoms with Crippen LogP contribution in [0, 0.1) is 0 Å². The van der Waals surface area contributed by atoms with E-state index in [1.54, 1.807) is 0 Å². The molecule has 2 rings (SSSR count). The van der Waals surface area contributed by atoms with Crippen LogP contribution in [0.4, 0.5) is 5.69 Å². The Kier molecular flexibility index (Phi) is 3.14. The lowest BCUT2D eigenvalue weighted by atomic mass is 10.2. The van der Waals surface area contributed by atoms with Crippen molar-refractivity contribution in [1.29, 1.82) is 0 Å². The van der Waals surface area contributed by atoms with Gasteiger partial charge in [0.2, 0.25) is 6.79 Å². The number of rotatable bonds is 2. The normalized spacial score (nSPS) is 12.4. The Morgan fingerprint density at radius 2 is 2.19 bits per heavy atom. The average molecular weight is 238 g/mol. The number of benzene rings is 1. The summed E-state index contributed by atoms with van der Waals surface area (Å²) in [7, 11) is 1.92. The minimum atomic E-state index is 0.292. The molecular weight excluding hydrogens is 224 g/mol. The molecule has 1 N–H and O–H groups in total. The fraction of sp³-hybridized carbons (Fsp3) is 0.364. The lowest BCUT2D eigenvalue weighted by Crippen LogP contribution is -2.36. The highest BCUT2D eigenvalue weighted by Crippen LogP contribution is 2.35. The zero-order valence-corrected chi connectivity index (χ0v) is 10.1. The van der Waals surface area contributed by atoms with E-state index < -0.39 is 0 Å². The van der Waals surface area contributed by atoms with Crippen LogP contribution in [0.15, 0.2) is 18.2 Å². The molecule has 86 valence electrons. The van der Waals surface area contributed by atoms with Crippen LogP contribution in [0.2, 0.25) is 0 Å². The average Bonchev–Trinajstić information content (AvgIpc) is 2.75. The second-order valence-corrected chi connectivity index (χ2v) is 3.82. The number of anilines is 1. The van der Waals surface area contributed by atoms with Gasteiger partial charge in [-0.05, 0) is 31.3 Å². The van der Waals surface area contributed by atoms with Gasteiger partial charge in [0.05, 0.1) is 0 Å². The largest absolute Gasteiger partial charge is 0.454 e. The van der Waals surface area contributed by atoms with Crippen LogP contribution >= 0.6 is 12.2 Å². The summed E-state index contributed by atoms with van der Waals surface area (Å²) in [6, 6.07) is 5.77. The van der Waals surface area contributed by atoms with Gasteiger partial charge in [0.25, 0.3) is 0 Å². The molecule has 0 saturated heterocycles. The Bertz CT molecular complexity index is 409. The quantitative estimate of drug-likeness (QED) is 0.794. The van der Waals surface area contributed by atoms with Gasteiger partial charge in [0.15, 0.2) is 16.6 Å². The zero-order valence-electron chi connectivity index (χ0n) is 9.32. The van der Waals surface area contributed by atoms with Crippen molar-refractivity contribution in [2.24, 2.45) is 0 Å². The van der Waals surface area contributed by atoms with E-state index in [-0.39, 0.29) is 0 Å². The Balaban J connectivity index is 2.18. The van der Waals surface area contributed by atoms with Crippen molar-refractivity contribution in [1.82, 2.24) is 5.32 Å². The van der Waals surface area contributed by atoms with Gasteiger partial charge in [-0.3, -0.25) is 0 Å². The summed E-state index contributed by atoms with van der Waals surface area (Å²) in [4.78, 5) is 1.90. The Labute approximate surface area is 100 Å². The van der Waals surface area contributed by atoms with Crippen LogP contribution in [0.3, 0.4) is 0 Å². The van der Waals surface area contributed by atoms with Gasteiger partial charge < -0.3 is 19.7 Å². The Morgan fingerprint density at radius 1 is 1.44 bits per heavy atom. The number of nitrogens with one attached hydrogen (secondary N) is 1. The maximum atomic E-state index is 5.32. The Hall–Kier alpha value is -1.49. The van der Waals surface area contributed by atoms with E-state index in [1.807, 2.05) is 37.1 Å². The lowest BCUT2D eigenvalue weighted by molar-refractivity contribution is 0.174. The molecule has 1 aromatic carbocycles. The second kappa shape index (κ2) is 4.57. The molecule has 0 fully saturated rings. The molecule has 4 nitrogen and oxygen atoms in total. The maximum absolute atomic E-state index is 5.32. The van der Waals surface area contributed by atoms with Gasteiger partial charge in [0.1, 0.15) is 0 Å². The van der Waals surface area contributed by atoms with Gasteiger partial charge in [-0.15, -0.1) is 0 Å². The van der Waals surface area contributed by atoms with E-state index >= 15 is 0 Å². The molecule has 16 heavy (non-hydrogen) atoms. The van der Waals surface area contributed by atoms with E-state index in [0.717, 1.165) is 23.7 Å². The van der Waals surface area contributed by atoms with Crippen LogP contribution < -0.4 is 19.7 Å². The van der Waals surface area contributed by atoms with E-state index in [0.29, 0.717) is 11.9 Å². The highest BCUT2D eigenvalue weighted by Gasteiger charge is 2.15. The first-order chi connectivity index (χ1) is 7.72. The molecular formula is C11H14N2O2S. The fourth-order valence-corrected chi connectivity index (χ4v) is 1.73. The minimum absolute atomic E-state index is 0.292. The molecule has 0 amide bonds. The van der Waals surface area contributed by atoms with Crippen molar-refractivity contribution in [2.45, 2.75) is 6.92 Å². The molecule has 0 aliphatic carbocycles. The molecule has 1 aliphatic rings. The molecule has 0 atom stereocenters. The third kappa shape index (κ3) is 2.04. The van der Waals surface area contributed by atoms with Crippen molar-refractivity contribution in [3.63, 3.8) is 0 Å². The summed E-state index contributed by atoms with van der Waals surface area (Å²) in [6.07, 6.45) is 0. The van der Waals surface area contributed by atoms with E-state index in [4.69, 9.17) is 21.7 Å². The zero-order chi connectivity index (χ0) is 11.5. The molecule has 0 bridgehead atoms. The number of fused-ring (bicyclic) bond motifs is 1. The summed E-state index contributed by atoms with van der Waals surface area (Å²) < 4.78 is 10.6. The van der Waals surface area contributed by atoms with Crippen LogP contribution in [-0.4, -0.2) is 25.5 Å². The van der Waals surface area contributed by atoms with Crippen LogP contribution in [0.25, 0.3) is 0 Å². The van der Waals surface area contributed by atoms with Gasteiger partial charge in [0, 0.05) is 25.3 Å². The molecule has 0 radical (unpaired) electrons. The Morgan fingerprint density at radius 3 is 2.94 bits per heavy atom. The van der Waals surface area contributed by atoms with Crippen LogP contribution in [0.1, 0.15) is 6.92 Å². The summed E-state index contributed by atoms with van der Waals surface area (Å²) in [5.74, 6) is 1.55. The summed E-state index contributed by atoms with van der Waals surface area (Å²) in [5, 5.41) is 3.79. The number of nitrogens with zero attached hydrogens (tertiary/aromatic N) is 1. The van der Waals surface area contributed by atoms with E-state index in [2.05, 4.69) is 5.32 Å². The number of ether oxygens (including phenoxy) is 2. The van der Waals surface area contributed by atoms with Crippen LogP contribution in [0.5, 0.6) is 11.5 Å². The van der Waals surface area contributed by atoms with Gasteiger partial charge in [-0.1, -0.05) is 0 Å². The first kappa shape index (κ1) is 11.0. The molecule has 5 heteroatoms. The first-order valence-corrected chi connectivity index (χ1v) is 5.54. The van der Waals surface area contributed by atoms with Gasteiger partial charge in [-0.25, -0.2) is 0 Å². The molecule has 0 spiro atoms. The SMILES string of the molecule is CCNC(=S)N(C)c1ccc2c(c1)OCO2. The number of hydrogen-bond acceptors (Lipinski definition) is 3. The van der Waals surface area contributed by atoms with Crippen molar-refractivity contribution in [3.8, 4) is 11.5 Å². The summed E-state index contributed by atoms with van der Waals surface area (Å²) in [5.41, 5.74) is 0.982. The molecule has 0 saturated carbocycles. The number of hydrogen-bond donors (Lipinski definition) is 1. The molecule has 1 aliphatic heterocycles. The predicted octanol–water partition coefficient (Wildman–Crippen LogP) is 1.75. The molecule has 0 aromatic heterocycles. The maximum Gasteiger partial charge on any atom is 0.231 e. The number of thiocarbonyl (C=S) groups is 1. The minimum Gasteiger partial charge on any atom is -0.454 e. The highest BCUT2D eigenvalue weighted by atomic mass is 32.1. The third-order valence-electron chi connectivity index (χ3n) is 2.38. The predicted molar refractivity (Wildman–Crippen MR) is 67.2 cm³/mol. The molecule has 1 heterocycles. The van der Waals surface area contributed by atoms with Crippen LogP contribution in [-0.2, 0) is 0 Å². The standard InChI is InChI=1S/C11H14N2O2S/c1-3-12-11(16)13(2)8-4-5-9-10(6-8)15-7-14-9/h4-6H,3,7H2,1-2H3,(H,12,16). The van der Waals surface area contributed by atoms with Crippen molar-refractivity contribution < 1.29 is 9.47 Å². The summed E-state index contributed by atoms with van der Waals surface area (Å²) in [6.45, 7) is 3.12. The molecule has 1 aromatic rings. The van der Waals surface area contributed by atoms with E-state index in [9.17, 15) is 0 Å². The van der Waals surface area contributed by atoms with Gasteiger partial charge >= 0.3 is 0 Å². The van der Waals surface area contributed by atoms with E-state index in [1.165, 1.54) is 0 Å². The fourth-order valence-electron chi connectivity index (χ4n) is 1.48. The second-order valence-electron chi connectivity index (χ2n) is 3.43. The summed E-state index contributed by atoms with van der Waals surface area (Å²) >= 11 is 5.23. The van der Waals surface area contributed by atoms with Crippen molar-refractivity contribution >= 4 is 23.0 Å². The topological polar surface area (TPSA) is 33.7 Å². The molecule has 0 unspecified atom stereocenters. The third-order valence-corrected chi connectivity index (χ3v) is 2.79. The smallest absolute Gasteiger partial charge is 0.231 e. The highest BCUT2D eigenvalue weighted by molar-refractivity contribution is 7.80. The van der Waals surface area contributed by atoms with Crippen molar-refractivity contribution in [2.75, 3.05) is 25.3 Å². The van der Waals surface area contributed by atoms with Gasteiger partial charge in [-0.2, -0.15) is 0 Å².